The molecule has 1 fully saturated rings. The van der Waals surface area contributed by atoms with E-state index in [4.69, 9.17) is 0 Å². The number of carbonyl (C=O) groups is 1. The van der Waals surface area contributed by atoms with E-state index in [1.807, 2.05) is 18.2 Å². The number of hydrogen-bond donors (Lipinski definition) is 1. The summed E-state index contributed by atoms with van der Waals surface area (Å²) < 4.78 is 16.3. The van der Waals surface area contributed by atoms with Crippen molar-refractivity contribution in [2.75, 3.05) is 0 Å². The normalized spacial score (nSPS) is 16.2. The molecule has 4 aromatic rings. The summed E-state index contributed by atoms with van der Waals surface area (Å²) in [6.45, 7) is 4.92. The van der Waals surface area contributed by atoms with E-state index in [1.54, 1.807) is 18.2 Å². The number of aryl methyl sites for hydroxylation is 1. The van der Waals surface area contributed by atoms with Crippen LogP contribution in [-0.2, 0) is 11.3 Å². The van der Waals surface area contributed by atoms with Gasteiger partial charge in [0.15, 0.2) is 5.17 Å². The topological polar surface area (TPSA) is 46.4 Å². The summed E-state index contributed by atoms with van der Waals surface area (Å²) >= 11 is 1.22. The lowest BCUT2D eigenvalue weighted by Crippen LogP contribution is -2.19. The molecule has 5 rings (SSSR count). The van der Waals surface area contributed by atoms with E-state index in [0.717, 1.165) is 28.7 Å². The smallest absolute Gasteiger partial charge is 0.264 e. The number of para-hydroxylation sites is 2. The predicted molar refractivity (Wildman–Crippen MR) is 134 cm³/mol. The van der Waals surface area contributed by atoms with Crippen molar-refractivity contribution in [2.24, 2.45) is 4.99 Å². The van der Waals surface area contributed by atoms with Gasteiger partial charge in [-0.25, -0.2) is 9.38 Å². The van der Waals surface area contributed by atoms with E-state index < -0.39 is 5.82 Å². The van der Waals surface area contributed by atoms with Gasteiger partial charge in [0.25, 0.3) is 5.91 Å². The van der Waals surface area contributed by atoms with Crippen molar-refractivity contribution in [3.05, 3.63) is 106 Å². The molecule has 0 atom stereocenters. The molecule has 6 heteroatoms. The van der Waals surface area contributed by atoms with Crippen molar-refractivity contribution in [3.8, 4) is 0 Å². The lowest BCUT2D eigenvalue weighted by atomic mass is 10.1. The highest BCUT2D eigenvalue weighted by Crippen LogP contribution is 2.33. The second-order valence-corrected chi connectivity index (χ2v) is 9.06. The van der Waals surface area contributed by atoms with Crippen LogP contribution in [-0.4, -0.2) is 15.6 Å². The van der Waals surface area contributed by atoms with Gasteiger partial charge < -0.3 is 9.88 Å². The van der Waals surface area contributed by atoms with Crippen molar-refractivity contribution in [2.45, 2.75) is 20.4 Å². The molecule has 1 aromatic heterocycles. The highest BCUT2D eigenvalue weighted by Gasteiger charge is 2.25. The SMILES string of the molecule is Cc1cccc(Cn2c(C)c(/C=C3\SC(=Nc4ccccc4F)NC3=O)c3ccccc32)c1. The Hall–Kier alpha value is -3.64. The summed E-state index contributed by atoms with van der Waals surface area (Å²) in [7, 11) is 0. The lowest BCUT2D eigenvalue weighted by molar-refractivity contribution is -0.115. The average Bonchev–Trinajstić information content (AvgIpc) is 3.27. The van der Waals surface area contributed by atoms with Crippen LogP contribution in [0.1, 0.15) is 22.4 Å². The van der Waals surface area contributed by atoms with Gasteiger partial charge in [-0.05, 0) is 55.4 Å². The number of thioether (sulfide) groups is 1. The number of halogens is 1. The molecule has 1 amide bonds. The summed E-state index contributed by atoms with van der Waals surface area (Å²) in [6.07, 6.45) is 1.91. The zero-order valence-corrected chi connectivity index (χ0v) is 19.1. The summed E-state index contributed by atoms with van der Waals surface area (Å²) in [5.41, 5.74) is 5.86. The van der Waals surface area contributed by atoms with Gasteiger partial charge in [0.2, 0.25) is 0 Å². The predicted octanol–water partition coefficient (Wildman–Crippen LogP) is 6.34. The molecule has 0 spiro atoms. The Balaban J connectivity index is 1.53. The number of nitrogens with zero attached hydrogens (tertiary/aromatic N) is 2. The van der Waals surface area contributed by atoms with Crippen LogP contribution in [0.3, 0.4) is 0 Å². The molecule has 3 aromatic carbocycles. The molecule has 0 saturated carbocycles. The average molecular weight is 456 g/mol. The van der Waals surface area contributed by atoms with Gasteiger partial charge in [0.1, 0.15) is 11.5 Å². The maximum absolute atomic E-state index is 14.0. The Morgan fingerprint density at radius 1 is 1.03 bits per heavy atom. The molecule has 0 radical (unpaired) electrons. The third-order valence-electron chi connectivity index (χ3n) is 5.70. The Morgan fingerprint density at radius 3 is 2.64 bits per heavy atom. The number of rotatable bonds is 4. The molecule has 0 bridgehead atoms. The minimum atomic E-state index is -0.424. The van der Waals surface area contributed by atoms with E-state index in [9.17, 15) is 9.18 Å². The van der Waals surface area contributed by atoms with Crippen LogP contribution < -0.4 is 5.32 Å². The summed E-state index contributed by atoms with van der Waals surface area (Å²) in [5, 5.41) is 4.21. The lowest BCUT2D eigenvalue weighted by Gasteiger charge is -2.09. The minimum absolute atomic E-state index is 0.201. The first-order valence-electron chi connectivity index (χ1n) is 10.7. The Labute approximate surface area is 195 Å². The monoisotopic (exact) mass is 455 g/mol. The molecule has 0 aliphatic carbocycles. The first-order valence-corrected chi connectivity index (χ1v) is 11.5. The zero-order chi connectivity index (χ0) is 22.9. The molecule has 1 saturated heterocycles. The van der Waals surface area contributed by atoms with E-state index in [1.165, 1.54) is 29.0 Å². The molecule has 2 heterocycles. The van der Waals surface area contributed by atoms with Crippen LogP contribution in [0.25, 0.3) is 17.0 Å². The number of amidine groups is 1. The molecule has 1 N–H and O–H groups in total. The molecule has 4 nitrogen and oxygen atoms in total. The van der Waals surface area contributed by atoms with Gasteiger partial charge in [-0.15, -0.1) is 0 Å². The molecular formula is C27H22FN3OS. The van der Waals surface area contributed by atoms with Gasteiger partial charge >= 0.3 is 0 Å². The van der Waals surface area contributed by atoms with Crippen LogP contribution >= 0.6 is 11.8 Å². The van der Waals surface area contributed by atoms with Crippen molar-refractivity contribution < 1.29 is 9.18 Å². The van der Waals surface area contributed by atoms with Gasteiger partial charge in [-0.1, -0.05) is 60.2 Å². The first kappa shape index (κ1) is 21.2. The Kier molecular flexibility index (Phi) is 5.60. The summed E-state index contributed by atoms with van der Waals surface area (Å²) in [6, 6.07) is 23.0. The maximum Gasteiger partial charge on any atom is 0.264 e. The molecular weight excluding hydrogens is 433 g/mol. The van der Waals surface area contributed by atoms with Gasteiger partial charge in [0, 0.05) is 28.7 Å². The number of benzene rings is 3. The molecule has 1 aliphatic heterocycles. The quantitative estimate of drug-likeness (QED) is 0.365. The second kappa shape index (κ2) is 8.71. The first-order chi connectivity index (χ1) is 16.0. The van der Waals surface area contributed by atoms with Crippen molar-refractivity contribution >= 4 is 45.5 Å². The molecule has 0 unspecified atom stereocenters. The third-order valence-corrected chi connectivity index (χ3v) is 6.61. The number of carbonyl (C=O) groups excluding carboxylic acids is 1. The van der Waals surface area contributed by atoms with Crippen LogP contribution in [0.5, 0.6) is 0 Å². The van der Waals surface area contributed by atoms with E-state index in [2.05, 4.69) is 65.1 Å². The van der Waals surface area contributed by atoms with Crippen molar-refractivity contribution in [3.63, 3.8) is 0 Å². The third kappa shape index (κ3) is 4.22. The highest BCUT2D eigenvalue weighted by molar-refractivity contribution is 8.18. The van der Waals surface area contributed by atoms with Crippen LogP contribution in [0.2, 0.25) is 0 Å². The minimum Gasteiger partial charge on any atom is -0.340 e. The van der Waals surface area contributed by atoms with Crippen LogP contribution in [0.15, 0.2) is 82.7 Å². The summed E-state index contributed by atoms with van der Waals surface area (Å²) in [5.74, 6) is -0.655. The molecule has 33 heavy (non-hydrogen) atoms. The zero-order valence-electron chi connectivity index (χ0n) is 18.3. The largest absolute Gasteiger partial charge is 0.340 e. The van der Waals surface area contributed by atoms with Gasteiger partial charge in [0.05, 0.1) is 4.91 Å². The fourth-order valence-electron chi connectivity index (χ4n) is 4.10. The standard InChI is InChI=1S/C27H22FN3OS/c1-17-8-7-9-19(14-17)16-31-18(2)21(20-10-3-6-13-24(20)31)15-25-26(32)30-27(33-25)29-23-12-5-4-11-22(23)28/h3-15H,16H2,1-2H3,(H,29,30,32)/b25-15-. The van der Waals surface area contributed by atoms with Gasteiger partial charge in [-0.2, -0.15) is 0 Å². The number of aromatic nitrogens is 1. The summed E-state index contributed by atoms with van der Waals surface area (Å²) in [4.78, 5) is 17.5. The van der Waals surface area contributed by atoms with E-state index in [-0.39, 0.29) is 11.6 Å². The van der Waals surface area contributed by atoms with E-state index in [0.29, 0.717) is 10.1 Å². The van der Waals surface area contributed by atoms with Gasteiger partial charge in [-0.3, -0.25) is 4.79 Å². The van der Waals surface area contributed by atoms with E-state index >= 15 is 0 Å². The van der Waals surface area contributed by atoms with Crippen molar-refractivity contribution in [1.29, 1.82) is 0 Å². The fourth-order valence-corrected chi connectivity index (χ4v) is 4.92. The maximum atomic E-state index is 14.0. The Bertz CT molecular complexity index is 1450. The van der Waals surface area contributed by atoms with Crippen molar-refractivity contribution in [1.82, 2.24) is 9.88 Å². The number of amides is 1. The molecule has 164 valence electrons. The highest BCUT2D eigenvalue weighted by atomic mass is 32.2. The second-order valence-electron chi connectivity index (χ2n) is 8.02. The number of nitrogens with one attached hydrogen (secondary N) is 1. The molecule has 1 aliphatic rings. The Morgan fingerprint density at radius 2 is 1.82 bits per heavy atom. The number of hydrogen-bond acceptors (Lipinski definition) is 3. The number of fused-ring (bicyclic) bond motifs is 1. The number of aliphatic imine (C=N–C) groups is 1. The van der Waals surface area contributed by atoms with Crippen LogP contribution in [0.4, 0.5) is 10.1 Å². The van der Waals surface area contributed by atoms with Crippen LogP contribution in [0, 0.1) is 19.7 Å². The fraction of sp³-hybridized carbons (Fsp3) is 0.111.